The van der Waals surface area contributed by atoms with Crippen LogP contribution in [0.1, 0.15) is 32.9 Å². The Kier molecular flexibility index (Phi) is 4.88. The first-order valence-electron chi connectivity index (χ1n) is 10.3. The van der Waals surface area contributed by atoms with Gasteiger partial charge in [-0.15, -0.1) is 0 Å². The number of primary amides is 1. The Morgan fingerprint density at radius 2 is 2.00 bits per heavy atom. The summed E-state index contributed by atoms with van der Waals surface area (Å²) in [6, 6.07) is 15.7. The summed E-state index contributed by atoms with van der Waals surface area (Å²) in [5, 5.41) is 3.50. The zero-order valence-electron chi connectivity index (χ0n) is 17.3. The maximum atomic E-state index is 11.9. The van der Waals surface area contributed by atoms with E-state index >= 15 is 0 Å². The number of hydrogen-bond donors (Lipinski definition) is 2. The van der Waals surface area contributed by atoms with E-state index in [-0.39, 0.29) is 0 Å². The number of ether oxygens (including phenoxy) is 1. The number of rotatable bonds is 5. The molecule has 31 heavy (non-hydrogen) atoms. The number of amides is 1. The lowest BCUT2D eigenvalue weighted by atomic mass is 10.1. The number of benzene rings is 1. The lowest BCUT2D eigenvalue weighted by Crippen LogP contribution is -2.17. The summed E-state index contributed by atoms with van der Waals surface area (Å²) in [6.45, 7) is 3.78. The minimum atomic E-state index is -0.475. The molecule has 1 aliphatic heterocycles. The van der Waals surface area contributed by atoms with Crippen LogP contribution < -0.4 is 11.1 Å². The Bertz CT molecular complexity index is 1280. The number of nitrogens with two attached hydrogens (primary N) is 1. The number of anilines is 1. The van der Waals surface area contributed by atoms with Crippen molar-refractivity contribution in [1.82, 2.24) is 14.4 Å². The standard InChI is InChI=1S/C24H23N5O2/c1-15-13-29-19(8-5-9-20(29)22(25)30)21(15)24-27-18-14-31-11-10-17(18)23(28-24)26-12-16-6-3-2-4-7-16/h2-9,13H,10-12,14H2,1H3,(H2,25,30)(H,26,27,28). The Morgan fingerprint density at radius 3 is 2.81 bits per heavy atom. The highest BCUT2D eigenvalue weighted by atomic mass is 16.5. The molecule has 1 amide bonds. The van der Waals surface area contributed by atoms with Gasteiger partial charge in [-0.3, -0.25) is 4.79 Å². The van der Waals surface area contributed by atoms with Gasteiger partial charge < -0.3 is 20.2 Å². The van der Waals surface area contributed by atoms with Crippen LogP contribution in [0.3, 0.4) is 0 Å². The lowest BCUT2D eigenvalue weighted by Gasteiger charge is -2.20. The molecule has 3 aromatic heterocycles. The van der Waals surface area contributed by atoms with E-state index in [9.17, 15) is 4.79 Å². The van der Waals surface area contributed by atoms with Gasteiger partial charge in [0.1, 0.15) is 11.5 Å². The molecule has 0 radical (unpaired) electrons. The summed E-state index contributed by atoms with van der Waals surface area (Å²) in [5.41, 5.74) is 11.9. The third kappa shape index (κ3) is 3.53. The molecule has 7 nitrogen and oxygen atoms in total. The van der Waals surface area contributed by atoms with E-state index in [2.05, 4.69) is 17.4 Å². The maximum absolute atomic E-state index is 11.9. The molecule has 0 atom stereocenters. The number of aromatic nitrogens is 3. The van der Waals surface area contributed by atoms with Crippen LogP contribution in [0, 0.1) is 6.92 Å². The quantitative estimate of drug-likeness (QED) is 0.522. The fourth-order valence-electron chi connectivity index (χ4n) is 4.11. The number of fused-ring (bicyclic) bond motifs is 2. The molecule has 4 heterocycles. The Balaban J connectivity index is 1.62. The third-order valence-electron chi connectivity index (χ3n) is 5.61. The number of nitrogens with zero attached hydrogens (tertiary/aromatic N) is 3. The first-order valence-corrected chi connectivity index (χ1v) is 10.3. The van der Waals surface area contributed by atoms with Crippen LogP contribution in [0.2, 0.25) is 0 Å². The van der Waals surface area contributed by atoms with Crippen molar-refractivity contribution < 1.29 is 9.53 Å². The van der Waals surface area contributed by atoms with Gasteiger partial charge >= 0.3 is 0 Å². The summed E-state index contributed by atoms with van der Waals surface area (Å²) >= 11 is 0. The van der Waals surface area contributed by atoms with Crippen LogP contribution in [-0.4, -0.2) is 26.9 Å². The Hall–Kier alpha value is -3.71. The molecule has 4 aromatic rings. The van der Waals surface area contributed by atoms with Crippen molar-refractivity contribution in [2.75, 3.05) is 11.9 Å². The summed E-state index contributed by atoms with van der Waals surface area (Å²) in [4.78, 5) is 21.7. The molecule has 0 bridgehead atoms. The summed E-state index contributed by atoms with van der Waals surface area (Å²) < 4.78 is 7.48. The third-order valence-corrected chi connectivity index (χ3v) is 5.61. The van der Waals surface area contributed by atoms with Gasteiger partial charge in [0.25, 0.3) is 5.91 Å². The number of pyridine rings is 1. The Morgan fingerprint density at radius 1 is 1.16 bits per heavy atom. The van der Waals surface area contributed by atoms with Crippen molar-refractivity contribution in [3.05, 3.63) is 82.8 Å². The second-order valence-corrected chi connectivity index (χ2v) is 7.68. The molecule has 0 saturated carbocycles. The molecule has 0 aliphatic carbocycles. The lowest BCUT2D eigenvalue weighted by molar-refractivity contribution is 0.0994. The summed E-state index contributed by atoms with van der Waals surface area (Å²) in [5.74, 6) is 0.968. The largest absolute Gasteiger partial charge is 0.375 e. The zero-order chi connectivity index (χ0) is 21.4. The fourth-order valence-corrected chi connectivity index (χ4v) is 4.11. The van der Waals surface area contributed by atoms with Crippen molar-refractivity contribution >= 4 is 17.2 Å². The van der Waals surface area contributed by atoms with E-state index in [0.29, 0.717) is 31.3 Å². The molecule has 3 N–H and O–H groups in total. The number of aryl methyl sites for hydroxylation is 1. The first kappa shape index (κ1) is 19.3. The van der Waals surface area contributed by atoms with Crippen LogP contribution >= 0.6 is 0 Å². The van der Waals surface area contributed by atoms with Crippen LogP contribution in [-0.2, 0) is 24.3 Å². The van der Waals surface area contributed by atoms with Gasteiger partial charge in [-0.05, 0) is 30.2 Å². The first-order chi connectivity index (χ1) is 15.1. The fraction of sp³-hybridized carbons (Fsp3) is 0.208. The van der Waals surface area contributed by atoms with Crippen molar-refractivity contribution in [2.24, 2.45) is 5.73 Å². The average Bonchev–Trinajstić information content (AvgIpc) is 3.13. The number of nitrogens with one attached hydrogen (secondary N) is 1. The Labute approximate surface area is 179 Å². The molecule has 156 valence electrons. The van der Waals surface area contributed by atoms with E-state index in [1.807, 2.05) is 47.9 Å². The molecule has 0 saturated heterocycles. The van der Waals surface area contributed by atoms with Gasteiger partial charge in [-0.1, -0.05) is 36.4 Å². The molecular weight excluding hydrogens is 390 g/mol. The van der Waals surface area contributed by atoms with E-state index < -0.39 is 5.91 Å². The minimum absolute atomic E-state index is 0.426. The monoisotopic (exact) mass is 413 g/mol. The molecule has 1 aromatic carbocycles. The smallest absolute Gasteiger partial charge is 0.265 e. The van der Waals surface area contributed by atoms with Gasteiger partial charge in [0.15, 0.2) is 5.82 Å². The molecular formula is C24H23N5O2. The van der Waals surface area contributed by atoms with Gasteiger partial charge in [0.2, 0.25) is 0 Å². The summed E-state index contributed by atoms with van der Waals surface area (Å²) in [6.07, 6.45) is 2.68. The van der Waals surface area contributed by atoms with E-state index in [0.717, 1.165) is 40.1 Å². The zero-order valence-corrected chi connectivity index (χ0v) is 17.3. The highest BCUT2D eigenvalue weighted by Crippen LogP contribution is 2.32. The summed E-state index contributed by atoms with van der Waals surface area (Å²) in [7, 11) is 0. The highest BCUT2D eigenvalue weighted by molar-refractivity contribution is 5.93. The normalized spacial score (nSPS) is 13.2. The van der Waals surface area contributed by atoms with Crippen LogP contribution in [0.5, 0.6) is 0 Å². The molecule has 1 aliphatic rings. The topological polar surface area (TPSA) is 94.5 Å². The van der Waals surface area contributed by atoms with Crippen LogP contribution in [0.4, 0.5) is 5.82 Å². The number of carbonyl (C=O) groups is 1. The molecule has 0 fully saturated rings. The SMILES string of the molecule is Cc1cn2c(C(N)=O)cccc2c1-c1nc2c(c(NCc3ccccc3)n1)CCOC2. The average molecular weight is 413 g/mol. The molecule has 0 unspecified atom stereocenters. The minimum Gasteiger partial charge on any atom is -0.375 e. The van der Waals surface area contributed by atoms with E-state index in [1.54, 1.807) is 6.07 Å². The maximum Gasteiger partial charge on any atom is 0.265 e. The number of carbonyl (C=O) groups excluding carboxylic acids is 1. The molecule has 0 spiro atoms. The van der Waals surface area contributed by atoms with Gasteiger partial charge in [0.05, 0.1) is 24.4 Å². The van der Waals surface area contributed by atoms with Gasteiger partial charge in [0, 0.05) is 30.3 Å². The molecule has 7 heteroatoms. The molecule has 5 rings (SSSR count). The van der Waals surface area contributed by atoms with Crippen LogP contribution in [0.15, 0.2) is 54.7 Å². The van der Waals surface area contributed by atoms with Crippen molar-refractivity contribution in [3.63, 3.8) is 0 Å². The van der Waals surface area contributed by atoms with Crippen LogP contribution in [0.25, 0.3) is 16.9 Å². The van der Waals surface area contributed by atoms with Gasteiger partial charge in [-0.25, -0.2) is 9.97 Å². The second-order valence-electron chi connectivity index (χ2n) is 7.68. The highest BCUT2D eigenvalue weighted by Gasteiger charge is 2.22. The van der Waals surface area contributed by atoms with Crippen molar-refractivity contribution in [3.8, 4) is 11.4 Å². The number of hydrogen-bond acceptors (Lipinski definition) is 5. The van der Waals surface area contributed by atoms with Crippen molar-refractivity contribution in [2.45, 2.75) is 26.5 Å². The van der Waals surface area contributed by atoms with E-state index in [4.69, 9.17) is 20.4 Å². The second kappa shape index (κ2) is 7.85. The van der Waals surface area contributed by atoms with Crippen molar-refractivity contribution in [1.29, 1.82) is 0 Å². The van der Waals surface area contributed by atoms with Gasteiger partial charge in [-0.2, -0.15) is 0 Å². The predicted octanol–water partition coefficient (Wildman–Crippen LogP) is 3.49. The predicted molar refractivity (Wildman–Crippen MR) is 119 cm³/mol. The van der Waals surface area contributed by atoms with E-state index in [1.165, 1.54) is 5.56 Å².